The molecule has 0 bridgehead atoms. The van der Waals surface area contributed by atoms with E-state index in [1.54, 1.807) is 41.3 Å². The maximum atomic E-state index is 12.5. The Balaban J connectivity index is 1.66. The van der Waals surface area contributed by atoms with Gasteiger partial charge < -0.3 is 15.0 Å². The Labute approximate surface area is 151 Å². The molecule has 6 heteroatoms. The summed E-state index contributed by atoms with van der Waals surface area (Å²) in [6.07, 6.45) is 0.194. The van der Waals surface area contributed by atoms with Gasteiger partial charge in [0, 0.05) is 35.4 Å². The van der Waals surface area contributed by atoms with Crippen LogP contribution in [0.15, 0.2) is 48.5 Å². The van der Waals surface area contributed by atoms with E-state index in [1.807, 2.05) is 19.1 Å². The van der Waals surface area contributed by atoms with Crippen LogP contribution in [0.4, 0.5) is 11.4 Å². The highest BCUT2D eigenvalue weighted by molar-refractivity contribution is 6.30. The van der Waals surface area contributed by atoms with Gasteiger partial charge in [-0.3, -0.25) is 9.59 Å². The lowest BCUT2D eigenvalue weighted by Crippen LogP contribution is -2.28. The van der Waals surface area contributed by atoms with Crippen molar-refractivity contribution in [3.63, 3.8) is 0 Å². The number of carbonyl (C=O) groups excluding carboxylic acids is 2. The zero-order chi connectivity index (χ0) is 17.8. The van der Waals surface area contributed by atoms with Crippen molar-refractivity contribution in [3.05, 3.63) is 53.6 Å². The van der Waals surface area contributed by atoms with Crippen molar-refractivity contribution in [2.24, 2.45) is 5.92 Å². The van der Waals surface area contributed by atoms with Crippen molar-refractivity contribution < 1.29 is 14.3 Å². The molecule has 1 N–H and O–H groups in total. The Morgan fingerprint density at radius 2 is 2.04 bits per heavy atom. The molecule has 1 atom stereocenters. The van der Waals surface area contributed by atoms with Crippen molar-refractivity contribution in [1.29, 1.82) is 0 Å². The predicted octanol–water partition coefficient (Wildman–Crippen LogP) is 3.73. The minimum Gasteiger partial charge on any atom is -0.494 e. The molecule has 1 saturated heterocycles. The van der Waals surface area contributed by atoms with Crippen molar-refractivity contribution >= 4 is 34.8 Å². The molecular weight excluding hydrogens is 340 g/mol. The van der Waals surface area contributed by atoms with E-state index in [2.05, 4.69) is 5.32 Å². The van der Waals surface area contributed by atoms with Crippen LogP contribution < -0.4 is 15.0 Å². The summed E-state index contributed by atoms with van der Waals surface area (Å²) in [5, 5.41) is 3.48. The average Bonchev–Trinajstić information content (AvgIpc) is 2.98. The largest absolute Gasteiger partial charge is 0.494 e. The highest BCUT2D eigenvalue weighted by Gasteiger charge is 2.35. The quantitative estimate of drug-likeness (QED) is 0.886. The van der Waals surface area contributed by atoms with Crippen LogP contribution in [0.3, 0.4) is 0 Å². The predicted molar refractivity (Wildman–Crippen MR) is 98.2 cm³/mol. The fraction of sp³-hybridized carbons (Fsp3) is 0.263. The smallest absolute Gasteiger partial charge is 0.229 e. The molecule has 25 heavy (non-hydrogen) atoms. The fourth-order valence-electron chi connectivity index (χ4n) is 2.83. The van der Waals surface area contributed by atoms with Gasteiger partial charge in [-0.1, -0.05) is 17.7 Å². The molecule has 0 saturated carbocycles. The molecule has 130 valence electrons. The SMILES string of the molecule is CCOc1cccc(NC(=O)[C@H]2CC(=O)N(c3ccc(Cl)cc3)C2)c1. The molecule has 3 rings (SSSR count). The number of halogens is 1. The van der Waals surface area contributed by atoms with Crippen LogP contribution in [0.25, 0.3) is 0 Å². The molecule has 1 fully saturated rings. The number of hydrogen-bond donors (Lipinski definition) is 1. The van der Waals surface area contributed by atoms with Gasteiger partial charge in [0.2, 0.25) is 11.8 Å². The summed E-state index contributed by atoms with van der Waals surface area (Å²) in [4.78, 5) is 26.4. The number of benzene rings is 2. The third-order valence-electron chi connectivity index (χ3n) is 4.05. The average molecular weight is 359 g/mol. The molecule has 0 spiro atoms. The Morgan fingerprint density at radius 3 is 2.76 bits per heavy atom. The lowest BCUT2D eigenvalue weighted by molar-refractivity contribution is -0.122. The molecule has 1 aliphatic rings. The lowest BCUT2D eigenvalue weighted by atomic mass is 10.1. The summed E-state index contributed by atoms with van der Waals surface area (Å²) in [7, 11) is 0. The van der Waals surface area contributed by atoms with Gasteiger partial charge in [-0.2, -0.15) is 0 Å². The molecule has 2 amide bonds. The van der Waals surface area contributed by atoms with Crippen LogP contribution in [-0.2, 0) is 9.59 Å². The van der Waals surface area contributed by atoms with E-state index in [-0.39, 0.29) is 24.2 Å². The second-order valence-corrected chi connectivity index (χ2v) is 6.27. The second-order valence-electron chi connectivity index (χ2n) is 5.83. The number of anilines is 2. The summed E-state index contributed by atoms with van der Waals surface area (Å²) in [6, 6.07) is 14.3. The molecule has 1 aliphatic heterocycles. The number of nitrogens with zero attached hydrogens (tertiary/aromatic N) is 1. The zero-order valence-corrected chi connectivity index (χ0v) is 14.6. The molecular formula is C19H19ClN2O3. The minimum absolute atomic E-state index is 0.0643. The third kappa shape index (κ3) is 4.12. The number of amides is 2. The van der Waals surface area contributed by atoms with Gasteiger partial charge in [0.15, 0.2) is 0 Å². The maximum Gasteiger partial charge on any atom is 0.229 e. The van der Waals surface area contributed by atoms with Gasteiger partial charge in [0.25, 0.3) is 0 Å². The number of ether oxygens (including phenoxy) is 1. The Hall–Kier alpha value is -2.53. The summed E-state index contributed by atoms with van der Waals surface area (Å²) < 4.78 is 5.43. The van der Waals surface area contributed by atoms with Crippen molar-refractivity contribution in [2.45, 2.75) is 13.3 Å². The first-order chi connectivity index (χ1) is 12.1. The van der Waals surface area contributed by atoms with Crippen LogP contribution in [0.1, 0.15) is 13.3 Å². The highest BCUT2D eigenvalue weighted by atomic mass is 35.5. The molecule has 2 aromatic rings. The standard InChI is InChI=1S/C19H19ClN2O3/c1-2-25-17-5-3-4-15(11-17)21-19(24)13-10-18(23)22(12-13)16-8-6-14(20)7-9-16/h3-9,11,13H,2,10,12H2,1H3,(H,21,24)/t13-/m0/s1. The minimum atomic E-state index is -0.390. The molecule has 0 radical (unpaired) electrons. The van der Waals surface area contributed by atoms with Gasteiger partial charge in [0.1, 0.15) is 5.75 Å². The van der Waals surface area contributed by atoms with Crippen molar-refractivity contribution in [1.82, 2.24) is 0 Å². The first-order valence-electron chi connectivity index (χ1n) is 8.16. The van der Waals surface area contributed by atoms with Crippen molar-refractivity contribution in [2.75, 3.05) is 23.4 Å². The topological polar surface area (TPSA) is 58.6 Å². The van der Waals surface area contributed by atoms with Gasteiger partial charge in [-0.05, 0) is 43.3 Å². The summed E-state index contributed by atoms with van der Waals surface area (Å²) in [5.41, 5.74) is 1.41. The summed E-state index contributed by atoms with van der Waals surface area (Å²) >= 11 is 5.88. The monoisotopic (exact) mass is 358 g/mol. The van der Waals surface area contributed by atoms with E-state index in [4.69, 9.17) is 16.3 Å². The van der Waals surface area contributed by atoms with E-state index in [0.717, 1.165) is 5.69 Å². The van der Waals surface area contributed by atoms with Crippen LogP contribution in [0.2, 0.25) is 5.02 Å². The van der Waals surface area contributed by atoms with E-state index < -0.39 is 0 Å². The van der Waals surface area contributed by atoms with Gasteiger partial charge in [-0.25, -0.2) is 0 Å². The lowest BCUT2D eigenvalue weighted by Gasteiger charge is -2.17. The molecule has 2 aromatic carbocycles. The van der Waals surface area contributed by atoms with Crippen LogP contribution >= 0.6 is 11.6 Å². The molecule has 0 aliphatic carbocycles. The van der Waals surface area contributed by atoms with Crippen LogP contribution in [0.5, 0.6) is 5.75 Å². The fourth-order valence-corrected chi connectivity index (χ4v) is 2.95. The second kappa shape index (κ2) is 7.57. The Bertz CT molecular complexity index is 776. The van der Waals surface area contributed by atoms with Gasteiger partial charge >= 0.3 is 0 Å². The molecule has 1 heterocycles. The molecule has 0 aromatic heterocycles. The first kappa shape index (κ1) is 17.3. The number of rotatable bonds is 5. The Kier molecular flexibility index (Phi) is 5.24. The number of hydrogen-bond acceptors (Lipinski definition) is 3. The Morgan fingerprint density at radius 1 is 1.28 bits per heavy atom. The van der Waals surface area contributed by atoms with E-state index >= 15 is 0 Å². The van der Waals surface area contributed by atoms with Crippen LogP contribution in [-0.4, -0.2) is 25.0 Å². The first-order valence-corrected chi connectivity index (χ1v) is 8.54. The highest BCUT2D eigenvalue weighted by Crippen LogP contribution is 2.27. The van der Waals surface area contributed by atoms with Crippen molar-refractivity contribution in [3.8, 4) is 5.75 Å². The van der Waals surface area contributed by atoms with E-state index in [9.17, 15) is 9.59 Å². The van der Waals surface area contributed by atoms with Gasteiger partial charge in [-0.15, -0.1) is 0 Å². The third-order valence-corrected chi connectivity index (χ3v) is 4.30. The summed E-state index contributed by atoms with van der Waals surface area (Å²) in [5.74, 6) is 0.0773. The summed E-state index contributed by atoms with van der Waals surface area (Å²) in [6.45, 7) is 2.82. The number of nitrogens with one attached hydrogen (secondary N) is 1. The zero-order valence-electron chi connectivity index (χ0n) is 13.9. The maximum absolute atomic E-state index is 12.5. The normalized spacial score (nSPS) is 16.8. The van der Waals surface area contributed by atoms with Crippen LogP contribution in [0, 0.1) is 5.92 Å². The molecule has 5 nitrogen and oxygen atoms in total. The van der Waals surface area contributed by atoms with Gasteiger partial charge in [0.05, 0.1) is 12.5 Å². The van der Waals surface area contributed by atoms with E-state index in [0.29, 0.717) is 29.6 Å². The molecule has 0 unspecified atom stereocenters. The van der Waals surface area contributed by atoms with E-state index in [1.165, 1.54) is 0 Å². The number of carbonyl (C=O) groups is 2.